The largest absolute Gasteiger partial charge is 0.536 e. The van der Waals surface area contributed by atoms with Crippen LogP contribution in [0.25, 0.3) is 0 Å². The third kappa shape index (κ3) is 42.9. The van der Waals surface area contributed by atoms with Crippen LogP contribution in [0.15, 0.2) is 0 Å². The summed E-state index contributed by atoms with van der Waals surface area (Å²) in [6.45, 7) is 19.6. The van der Waals surface area contributed by atoms with E-state index >= 15 is 0 Å². The standard InChI is InChI=1S/C15H24O7S.C10H13NO7.C9H14O6S.C5H11NO2.C3H6O2S/c1-9(2)14(18)20-8-21-15(19)23-11(5)12(16)6-7-13(17)22-10(3)4;1-6(2)9(14)16-5-17-10(15)18-11-7(12)3-4-8(11)13;1-5(2)8(12)14-4-15-9(13)16-6(3)7(10)11;1-4(2)8-5(7)3-6;1-2(6)3(4)5/h9-11H,6-8H2,1-5H3;6H,3-5H2,1-2H3;5-6H,4H2,1-3H3,(H,10,11);4H,3,6H2,1-2H3;2,6H,1H3,(H,4,5). The zero-order chi connectivity index (χ0) is 56.1. The molecule has 0 bridgehead atoms. The predicted molar refractivity (Wildman–Crippen MR) is 253 cm³/mol. The fraction of sp³-hybridized carbons (Fsp3) is 0.690. The second kappa shape index (κ2) is 41.0. The fourth-order valence-corrected chi connectivity index (χ4v) is 4.36. The third-order valence-corrected chi connectivity index (χ3v) is 8.91. The molecule has 1 saturated heterocycles. The summed E-state index contributed by atoms with van der Waals surface area (Å²) in [7, 11) is 0. The van der Waals surface area contributed by atoms with Gasteiger partial charge in [-0.3, -0.25) is 52.8 Å². The molecule has 2 amide bonds. The number of hydrogen-bond acceptors (Lipinski definition) is 26. The highest BCUT2D eigenvalue weighted by Crippen LogP contribution is 2.18. The molecule has 29 heteroatoms. The molecule has 0 aromatic heterocycles. The van der Waals surface area contributed by atoms with E-state index in [1.54, 1.807) is 76.2 Å². The van der Waals surface area contributed by atoms with Crippen LogP contribution in [-0.4, -0.2) is 146 Å². The van der Waals surface area contributed by atoms with Crippen LogP contribution in [0, 0.1) is 17.8 Å². The first-order valence-electron chi connectivity index (χ1n) is 21.3. The van der Waals surface area contributed by atoms with Crippen molar-refractivity contribution in [1.29, 1.82) is 0 Å². The molecule has 0 aliphatic carbocycles. The average molecular weight is 1080 g/mol. The molecule has 1 aliphatic heterocycles. The summed E-state index contributed by atoms with van der Waals surface area (Å²) in [5, 5.41) is 13.2. The number of thioether (sulfide) groups is 2. The number of carbonyl (C=O) groups excluding carboxylic acids is 11. The smallest absolute Gasteiger partial charge is 0.480 e. The van der Waals surface area contributed by atoms with Gasteiger partial charge in [-0.15, -0.1) is 0 Å². The van der Waals surface area contributed by atoms with Gasteiger partial charge in [0.1, 0.15) is 11.0 Å². The Labute approximate surface area is 425 Å². The third-order valence-electron chi connectivity index (χ3n) is 6.90. The van der Waals surface area contributed by atoms with Crippen molar-refractivity contribution in [3.63, 3.8) is 0 Å². The number of imide groups is 1. The SMILES string of the molecule is CC(C)C(=O)OCOC(=O)ON1C(=O)CCC1=O.CC(C)C(=O)OCOC(=O)SC(C)C(=O)O.CC(C)OC(=O)CCC(=O)C(C)SC(=O)OCOC(=O)C(C)C.CC(C)OC(=O)CN.CC(S)C(=O)O. The summed E-state index contributed by atoms with van der Waals surface area (Å²) in [6.07, 6.45) is -1.60. The van der Waals surface area contributed by atoms with E-state index in [1.165, 1.54) is 13.8 Å². The van der Waals surface area contributed by atoms with Gasteiger partial charge in [0.15, 0.2) is 0 Å². The first kappa shape index (κ1) is 71.9. The van der Waals surface area contributed by atoms with E-state index in [4.69, 9.17) is 30.2 Å². The number of hydroxylamine groups is 2. The highest BCUT2D eigenvalue weighted by atomic mass is 32.2. The summed E-state index contributed by atoms with van der Waals surface area (Å²) < 4.78 is 36.9. The fourth-order valence-electron chi connectivity index (χ4n) is 3.20. The zero-order valence-corrected chi connectivity index (χ0v) is 44.5. The number of amides is 2. The maximum Gasteiger partial charge on any atom is 0.536 e. The van der Waals surface area contributed by atoms with Crippen LogP contribution in [0.4, 0.5) is 14.4 Å². The minimum atomic E-state index is -1.28. The number of nitrogens with zero attached hydrogens (tertiary/aromatic N) is 1. The summed E-state index contributed by atoms with van der Waals surface area (Å²) in [5.74, 6) is -6.74. The minimum Gasteiger partial charge on any atom is -0.480 e. The van der Waals surface area contributed by atoms with Gasteiger partial charge in [-0.25, -0.2) is 14.4 Å². The lowest BCUT2D eigenvalue weighted by Gasteiger charge is -2.12. The van der Waals surface area contributed by atoms with E-state index in [-0.39, 0.29) is 73.9 Å². The number of esters is 5. The molecule has 0 saturated carbocycles. The van der Waals surface area contributed by atoms with Crippen molar-refractivity contribution in [1.82, 2.24) is 5.06 Å². The molecular formula is C42H68N2O24S3. The van der Waals surface area contributed by atoms with Gasteiger partial charge >= 0.3 is 58.5 Å². The van der Waals surface area contributed by atoms with E-state index in [2.05, 4.69) is 41.2 Å². The van der Waals surface area contributed by atoms with Crippen LogP contribution >= 0.6 is 36.2 Å². The number of thiol groups is 1. The molecule has 1 heterocycles. The van der Waals surface area contributed by atoms with Crippen LogP contribution in [0.3, 0.4) is 0 Å². The number of carbonyl (C=O) groups is 13. The van der Waals surface area contributed by atoms with Crippen LogP contribution in [0.1, 0.15) is 116 Å². The number of carboxylic acid groups (broad SMARTS) is 2. The maximum absolute atomic E-state index is 11.8. The second-order valence-electron chi connectivity index (χ2n) is 15.2. The Bertz CT molecular complexity index is 1740. The summed E-state index contributed by atoms with van der Waals surface area (Å²) in [6, 6.07) is 0. The van der Waals surface area contributed by atoms with E-state index in [1.807, 2.05) is 0 Å². The lowest BCUT2D eigenvalue weighted by Crippen LogP contribution is -2.32. The van der Waals surface area contributed by atoms with Crippen molar-refractivity contribution in [2.45, 2.75) is 144 Å². The molecule has 1 rings (SSSR count). The van der Waals surface area contributed by atoms with E-state index in [0.29, 0.717) is 28.6 Å². The molecule has 3 unspecified atom stereocenters. The molecule has 1 aliphatic rings. The number of carboxylic acids is 2. The van der Waals surface area contributed by atoms with Crippen LogP contribution in [-0.2, 0) is 90.7 Å². The van der Waals surface area contributed by atoms with Crippen molar-refractivity contribution in [3.8, 4) is 0 Å². The number of rotatable bonds is 21. The first-order chi connectivity index (χ1) is 32.7. The molecule has 0 aromatic carbocycles. The molecule has 0 radical (unpaired) electrons. The Morgan fingerprint density at radius 1 is 0.549 bits per heavy atom. The molecule has 0 spiro atoms. The number of ether oxygens (including phenoxy) is 8. The monoisotopic (exact) mass is 1080 g/mol. The molecule has 408 valence electrons. The summed E-state index contributed by atoms with van der Waals surface area (Å²) >= 11 is 4.79. The average Bonchev–Trinajstić information content (AvgIpc) is 3.57. The van der Waals surface area contributed by atoms with Gasteiger partial charge in [-0.05, 0) is 72.0 Å². The van der Waals surface area contributed by atoms with Crippen molar-refractivity contribution in [3.05, 3.63) is 0 Å². The van der Waals surface area contributed by atoms with Gasteiger partial charge < -0.3 is 53.8 Å². The minimum absolute atomic E-state index is 0.00463. The van der Waals surface area contributed by atoms with Crippen molar-refractivity contribution in [2.24, 2.45) is 23.5 Å². The number of Topliss-reactive ketones (excluding diaryl/α,β-unsaturated/α-hetero) is 1. The lowest BCUT2D eigenvalue weighted by molar-refractivity contribution is -0.183. The molecule has 1 fully saturated rings. The van der Waals surface area contributed by atoms with Gasteiger partial charge in [-0.1, -0.05) is 46.6 Å². The number of nitrogens with two attached hydrogens (primary N) is 1. The number of hydrogen-bond donors (Lipinski definition) is 4. The quantitative estimate of drug-likeness (QED) is 0.0393. The van der Waals surface area contributed by atoms with E-state index in [0.717, 1.165) is 0 Å². The highest BCUT2D eigenvalue weighted by Gasteiger charge is 2.33. The number of aliphatic carboxylic acids is 2. The topological polar surface area (TPSA) is 375 Å². The van der Waals surface area contributed by atoms with Crippen molar-refractivity contribution in [2.75, 3.05) is 26.9 Å². The molecular weight excluding hydrogens is 1010 g/mol. The Hall–Kier alpha value is -5.68. The Morgan fingerprint density at radius 3 is 1.21 bits per heavy atom. The Morgan fingerprint density at radius 2 is 0.901 bits per heavy atom. The van der Waals surface area contributed by atoms with E-state index in [9.17, 15) is 62.3 Å². The van der Waals surface area contributed by atoms with Crippen molar-refractivity contribution >= 4 is 112 Å². The van der Waals surface area contributed by atoms with Crippen LogP contribution < -0.4 is 5.73 Å². The molecule has 26 nitrogen and oxygen atoms in total. The predicted octanol–water partition coefficient (Wildman–Crippen LogP) is 4.83. The molecule has 3 atom stereocenters. The van der Waals surface area contributed by atoms with Crippen molar-refractivity contribution < 1.29 is 115 Å². The second-order valence-corrected chi connectivity index (χ2v) is 18.5. The lowest BCUT2D eigenvalue weighted by atomic mass is 10.2. The number of ketones is 1. The van der Waals surface area contributed by atoms with Crippen LogP contribution in [0.5, 0.6) is 0 Å². The normalized spacial score (nSPS) is 12.6. The molecule has 4 N–H and O–H groups in total. The first-order valence-corrected chi connectivity index (χ1v) is 23.6. The van der Waals surface area contributed by atoms with Gasteiger partial charge in [0.2, 0.25) is 20.4 Å². The van der Waals surface area contributed by atoms with Gasteiger partial charge in [0.25, 0.3) is 11.8 Å². The van der Waals surface area contributed by atoms with Gasteiger partial charge in [-0.2, -0.15) is 12.6 Å². The summed E-state index contributed by atoms with van der Waals surface area (Å²) in [5.41, 5.74) is 4.95. The zero-order valence-electron chi connectivity index (χ0n) is 41.9. The van der Waals surface area contributed by atoms with E-state index < -0.39 is 101 Å². The molecule has 0 aromatic rings. The van der Waals surface area contributed by atoms with Gasteiger partial charge in [0, 0.05) is 19.3 Å². The van der Waals surface area contributed by atoms with Crippen LogP contribution in [0.2, 0.25) is 0 Å². The Balaban J connectivity index is -0.000000422. The maximum atomic E-state index is 11.8. The molecule has 71 heavy (non-hydrogen) atoms. The van der Waals surface area contributed by atoms with Gasteiger partial charge in [0.05, 0.1) is 53.4 Å². The Kier molecular flexibility index (Phi) is 41.5. The summed E-state index contributed by atoms with van der Waals surface area (Å²) in [4.78, 5) is 147. The highest BCUT2D eigenvalue weighted by molar-refractivity contribution is 8.14.